The van der Waals surface area contributed by atoms with Crippen LogP contribution in [0.2, 0.25) is 0 Å². The summed E-state index contributed by atoms with van der Waals surface area (Å²) < 4.78 is 6.38. The quantitative estimate of drug-likeness (QED) is 0.935. The minimum atomic E-state index is -0.155. The lowest BCUT2D eigenvalue weighted by Gasteiger charge is -2.22. The highest BCUT2D eigenvalue weighted by Gasteiger charge is 2.21. The Bertz CT molecular complexity index is 545. The normalized spacial score (nSPS) is 13.9. The summed E-state index contributed by atoms with van der Waals surface area (Å²) in [5, 5.41) is 0. The molecule has 2 unspecified atom stereocenters. The summed E-state index contributed by atoms with van der Waals surface area (Å²) in [5.74, 6) is 0.918. The van der Waals surface area contributed by atoms with Crippen LogP contribution in [0, 0.1) is 0 Å². The highest BCUT2D eigenvalue weighted by atomic mass is 79.9. The highest BCUT2D eigenvalue weighted by molar-refractivity contribution is 9.10. The number of ether oxygens (including phenoxy) is 1. The average Bonchev–Trinajstić information content (AvgIpc) is 2.46. The van der Waals surface area contributed by atoms with E-state index < -0.39 is 0 Å². The number of hydrogen-bond acceptors (Lipinski definition) is 3. The molecule has 4 heteroatoms. The summed E-state index contributed by atoms with van der Waals surface area (Å²) in [7, 11) is 1.66. The number of pyridine rings is 1. The van der Waals surface area contributed by atoms with Crippen molar-refractivity contribution in [3.8, 4) is 5.75 Å². The van der Waals surface area contributed by atoms with Crippen LogP contribution in [-0.2, 0) is 0 Å². The molecule has 0 amide bonds. The van der Waals surface area contributed by atoms with Crippen molar-refractivity contribution in [3.05, 3.63) is 58.3 Å². The first-order valence-electron chi connectivity index (χ1n) is 6.13. The molecule has 2 aromatic rings. The van der Waals surface area contributed by atoms with Gasteiger partial charge in [0.15, 0.2) is 0 Å². The van der Waals surface area contributed by atoms with E-state index in [1.165, 1.54) is 0 Å². The van der Waals surface area contributed by atoms with Gasteiger partial charge in [0.25, 0.3) is 0 Å². The maximum atomic E-state index is 6.36. The van der Waals surface area contributed by atoms with Crippen LogP contribution < -0.4 is 10.5 Å². The summed E-state index contributed by atoms with van der Waals surface area (Å²) in [6.45, 7) is 2.08. The second-order valence-electron chi connectivity index (χ2n) is 4.46. The minimum absolute atomic E-state index is 0.122. The number of halogens is 1. The van der Waals surface area contributed by atoms with Crippen molar-refractivity contribution in [2.45, 2.75) is 18.9 Å². The maximum Gasteiger partial charge on any atom is 0.124 e. The molecule has 100 valence electrons. The van der Waals surface area contributed by atoms with Gasteiger partial charge in [-0.25, -0.2) is 0 Å². The van der Waals surface area contributed by atoms with E-state index in [4.69, 9.17) is 10.5 Å². The first-order chi connectivity index (χ1) is 9.13. The number of nitrogens with two attached hydrogens (primary N) is 1. The molecule has 2 atom stereocenters. The average molecular weight is 321 g/mol. The summed E-state index contributed by atoms with van der Waals surface area (Å²) in [5.41, 5.74) is 8.34. The molecule has 0 radical (unpaired) electrons. The van der Waals surface area contributed by atoms with Crippen LogP contribution in [0.5, 0.6) is 5.75 Å². The largest absolute Gasteiger partial charge is 0.496 e. The van der Waals surface area contributed by atoms with Gasteiger partial charge in [-0.15, -0.1) is 0 Å². The Hall–Kier alpha value is -1.39. The number of aromatic nitrogens is 1. The zero-order valence-electron chi connectivity index (χ0n) is 11.0. The van der Waals surface area contributed by atoms with E-state index in [1.807, 2.05) is 36.4 Å². The van der Waals surface area contributed by atoms with E-state index in [0.717, 1.165) is 21.5 Å². The van der Waals surface area contributed by atoms with Gasteiger partial charge in [0.1, 0.15) is 5.75 Å². The molecular formula is C15H17BrN2O. The Balaban J connectivity index is 2.31. The van der Waals surface area contributed by atoms with Gasteiger partial charge in [-0.3, -0.25) is 4.98 Å². The predicted octanol–water partition coefficient (Wildman–Crippen LogP) is 3.66. The van der Waals surface area contributed by atoms with Gasteiger partial charge in [-0.05, 0) is 24.3 Å². The van der Waals surface area contributed by atoms with Gasteiger partial charge < -0.3 is 10.5 Å². The van der Waals surface area contributed by atoms with Crippen molar-refractivity contribution in [1.82, 2.24) is 4.98 Å². The Morgan fingerprint density at radius 2 is 2.05 bits per heavy atom. The van der Waals surface area contributed by atoms with E-state index in [2.05, 4.69) is 27.8 Å². The third-order valence-corrected chi connectivity index (χ3v) is 3.74. The lowest BCUT2D eigenvalue weighted by Crippen LogP contribution is -2.19. The molecule has 0 fully saturated rings. The number of nitrogens with zero attached hydrogens (tertiary/aromatic N) is 1. The topological polar surface area (TPSA) is 48.1 Å². The van der Waals surface area contributed by atoms with Crippen molar-refractivity contribution >= 4 is 15.9 Å². The predicted molar refractivity (Wildman–Crippen MR) is 80.3 cm³/mol. The van der Waals surface area contributed by atoms with Crippen molar-refractivity contribution in [1.29, 1.82) is 0 Å². The maximum absolute atomic E-state index is 6.36. The number of rotatable bonds is 4. The van der Waals surface area contributed by atoms with Crippen LogP contribution in [-0.4, -0.2) is 12.1 Å². The van der Waals surface area contributed by atoms with Crippen molar-refractivity contribution in [3.63, 3.8) is 0 Å². The summed E-state index contributed by atoms with van der Waals surface area (Å²) in [4.78, 5) is 4.37. The van der Waals surface area contributed by atoms with E-state index in [-0.39, 0.29) is 12.0 Å². The second kappa shape index (κ2) is 6.17. The molecule has 0 aliphatic rings. The number of benzene rings is 1. The van der Waals surface area contributed by atoms with Gasteiger partial charge in [0, 0.05) is 33.9 Å². The van der Waals surface area contributed by atoms with Crippen LogP contribution >= 0.6 is 15.9 Å². The summed E-state index contributed by atoms with van der Waals surface area (Å²) >= 11 is 3.44. The highest BCUT2D eigenvalue weighted by Crippen LogP contribution is 2.34. The van der Waals surface area contributed by atoms with Gasteiger partial charge in [-0.2, -0.15) is 0 Å². The smallest absolute Gasteiger partial charge is 0.124 e. The fourth-order valence-corrected chi connectivity index (χ4v) is 2.40. The van der Waals surface area contributed by atoms with E-state index in [1.54, 1.807) is 13.3 Å². The molecule has 1 aromatic carbocycles. The first kappa shape index (κ1) is 14.0. The molecule has 1 heterocycles. The van der Waals surface area contributed by atoms with Crippen LogP contribution in [0.1, 0.15) is 30.1 Å². The van der Waals surface area contributed by atoms with Crippen molar-refractivity contribution in [2.24, 2.45) is 5.73 Å². The molecule has 19 heavy (non-hydrogen) atoms. The SMILES string of the molecule is COc1cc(Br)ccc1C(N)C(C)c1ccccn1. The Morgan fingerprint density at radius 3 is 2.68 bits per heavy atom. The van der Waals surface area contributed by atoms with Crippen molar-refractivity contribution in [2.75, 3.05) is 7.11 Å². The summed E-state index contributed by atoms with van der Waals surface area (Å²) in [6, 6.07) is 11.6. The Labute approximate surface area is 121 Å². The van der Waals surface area contributed by atoms with Crippen LogP contribution in [0.3, 0.4) is 0 Å². The summed E-state index contributed by atoms with van der Waals surface area (Å²) in [6.07, 6.45) is 1.79. The van der Waals surface area contributed by atoms with Crippen LogP contribution in [0.15, 0.2) is 47.1 Å². The fourth-order valence-electron chi connectivity index (χ4n) is 2.06. The van der Waals surface area contributed by atoms with Crippen LogP contribution in [0.25, 0.3) is 0 Å². The standard InChI is InChI=1S/C15H17BrN2O/c1-10(13-5-3-4-8-18-13)15(17)12-7-6-11(16)9-14(12)19-2/h3-10,15H,17H2,1-2H3. The third-order valence-electron chi connectivity index (χ3n) is 3.25. The molecule has 0 saturated heterocycles. The molecule has 3 nitrogen and oxygen atoms in total. The van der Waals surface area contributed by atoms with Gasteiger partial charge in [0.2, 0.25) is 0 Å². The zero-order valence-corrected chi connectivity index (χ0v) is 12.6. The van der Waals surface area contributed by atoms with Gasteiger partial charge in [0.05, 0.1) is 7.11 Å². The molecule has 2 N–H and O–H groups in total. The monoisotopic (exact) mass is 320 g/mol. The lowest BCUT2D eigenvalue weighted by atomic mass is 9.92. The van der Waals surface area contributed by atoms with E-state index in [9.17, 15) is 0 Å². The molecule has 0 bridgehead atoms. The van der Waals surface area contributed by atoms with Gasteiger partial charge >= 0.3 is 0 Å². The molecule has 2 rings (SSSR count). The molecule has 0 aliphatic heterocycles. The van der Waals surface area contributed by atoms with Crippen molar-refractivity contribution < 1.29 is 4.74 Å². The van der Waals surface area contributed by atoms with E-state index in [0.29, 0.717) is 0 Å². The Kier molecular flexibility index (Phi) is 4.56. The third kappa shape index (κ3) is 3.14. The zero-order chi connectivity index (χ0) is 13.8. The molecule has 0 aliphatic carbocycles. The molecule has 1 aromatic heterocycles. The molecular weight excluding hydrogens is 304 g/mol. The minimum Gasteiger partial charge on any atom is -0.496 e. The number of hydrogen-bond donors (Lipinski definition) is 1. The van der Waals surface area contributed by atoms with E-state index >= 15 is 0 Å². The van der Waals surface area contributed by atoms with Gasteiger partial charge in [-0.1, -0.05) is 35.0 Å². The lowest BCUT2D eigenvalue weighted by molar-refractivity contribution is 0.401. The first-order valence-corrected chi connectivity index (χ1v) is 6.92. The fraction of sp³-hybridized carbons (Fsp3) is 0.267. The molecule has 0 spiro atoms. The molecule has 0 saturated carbocycles. The Morgan fingerprint density at radius 1 is 1.26 bits per heavy atom. The second-order valence-corrected chi connectivity index (χ2v) is 5.37. The number of methoxy groups -OCH3 is 1. The van der Waals surface area contributed by atoms with Crippen LogP contribution in [0.4, 0.5) is 0 Å².